The van der Waals surface area contributed by atoms with Crippen molar-refractivity contribution in [3.8, 4) is 0 Å². The lowest BCUT2D eigenvalue weighted by molar-refractivity contribution is -0.121. The molecule has 0 aliphatic rings. The maximum Gasteiger partial charge on any atom is 0.220 e. The van der Waals surface area contributed by atoms with E-state index in [4.69, 9.17) is 9.47 Å². The summed E-state index contributed by atoms with van der Waals surface area (Å²) in [5, 5.41) is 7.00. The fourth-order valence-electron chi connectivity index (χ4n) is 1.43. The Kier molecular flexibility index (Phi) is 8.46. The normalized spacial score (nSPS) is 10.5. The van der Waals surface area contributed by atoms with E-state index in [1.807, 2.05) is 5.38 Å². The van der Waals surface area contributed by atoms with Crippen molar-refractivity contribution >= 4 is 17.2 Å². The molecule has 5 heteroatoms. The van der Waals surface area contributed by atoms with Gasteiger partial charge in [-0.25, -0.2) is 0 Å². The highest BCUT2D eigenvalue weighted by Gasteiger charge is 2.01. The zero-order chi connectivity index (χ0) is 13.1. The highest BCUT2D eigenvalue weighted by atomic mass is 32.1. The minimum absolute atomic E-state index is 0.109. The lowest BCUT2D eigenvalue weighted by atomic mass is 10.2. The summed E-state index contributed by atoms with van der Waals surface area (Å²) in [4.78, 5) is 11.5. The average molecular weight is 271 g/mol. The number of ether oxygens (including phenoxy) is 2. The summed E-state index contributed by atoms with van der Waals surface area (Å²) in [5.74, 6) is 0.109. The van der Waals surface area contributed by atoms with Gasteiger partial charge in [-0.05, 0) is 35.2 Å². The number of rotatable bonds is 10. The lowest BCUT2D eigenvalue weighted by Crippen LogP contribution is -2.25. The van der Waals surface area contributed by atoms with Crippen LogP contribution in [0.5, 0.6) is 0 Å². The first-order valence-corrected chi connectivity index (χ1v) is 7.11. The number of thiophene rings is 1. The van der Waals surface area contributed by atoms with Gasteiger partial charge in [0.25, 0.3) is 0 Å². The molecule has 0 fully saturated rings. The van der Waals surface area contributed by atoms with Crippen LogP contribution in [0.2, 0.25) is 0 Å². The highest BCUT2D eigenvalue weighted by molar-refractivity contribution is 7.07. The summed E-state index contributed by atoms with van der Waals surface area (Å²) >= 11 is 1.66. The van der Waals surface area contributed by atoms with Crippen molar-refractivity contribution in [3.63, 3.8) is 0 Å². The second-order valence-corrected chi connectivity index (χ2v) is 4.72. The Morgan fingerprint density at radius 3 is 3.00 bits per heavy atom. The quantitative estimate of drug-likeness (QED) is 0.661. The van der Waals surface area contributed by atoms with Crippen LogP contribution in [0.1, 0.15) is 18.4 Å². The van der Waals surface area contributed by atoms with E-state index < -0.39 is 0 Å². The van der Waals surface area contributed by atoms with Crippen molar-refractivity contribution in [1.29, 1.82) is 0 Å². The first-order chi connectivity index (χ1) is 8.83. The number of nitrogens with one attached hydrogen (secondary N) is 1. The van der Waals surface area contributed by atoms with Gasteiger partial charge in [0.15, 0.2) is 0 Å². The molecule has 0 aromatic carbocycles. The maximum absolute atomic E-state index is 11.5. The molecule has 0 radical (unpaired) electrons. The predicted molar refractivity (Wildman–Crippen MR) is 73.0 cm³/mol. The SMILES string of the molecule is COCCOCCCNC(=O)CCc1ccsc1. The summed E-state index contributed by atoms with van der Waals surface area (Å²) in [5.41, 5.74) is 1.23. The molecule has 0 aliphatic heterocycles. The molecule has 1 aromatic heterocycles. The number of hydrogen-bond acceptors (Lipinski definition) is 4. The number of carbonyl (C=O) groups excluding carboxylic acids is 1. The Morgan fingerprint density at radius 2 is 2.28 bits per heavy atom. The number of hydrogen-bond donors (Lipinski definition) is 1. The largest absolute Gasteiger partial charge is 0.382 e. The molecule has 1 N–H and O–H groups in total. The molecule has 0 saturated carbocycles. The van der Waals surface area contributed by atoms with Gasteiger partial charge in [0.05, 0.1) is 13.2 Å². The zero-order valence-electron chi connectivity index (χ0n) is 10.8. The predicted octanol–water partition coefficient (Wildman–Crippen LogP) is 1.85. The maximum atomic E-state index is 11.5. The molecule has 0 atom stereocenters. The highest BCUT2D eigenvalue weighted by Crippen LogP contribution is 2.07. The van der Waals surface area contributed by atoms with Crippen LogP contribution in [-0.4, -0.2) is 39.4 Å². The van der Waals surface area contributed by atoms with E-state index in [-0.39, 0.29) is 5.91 Å². The Morgan fingerprint density at radius 1 is 1.39 bits per heavy atom. The summed E-state index contributed by atoms with van der Waals surface area (Å²) in [6, 6.07) is 2.06. The Hall–Kier alpha value is -0.910. The Bertz CT molecular complexity index is 314. The molecular formula is C13H21NO3S. The third-order valence-corrected chi connectivity index (χ3v) is 3.17. The van der Waals surface area contributed by atoms with Crippen LogP contribution in [0, 0.1) is 0 Å². The van der Waals surface area contributed by atoms with Gasteiger partial charge in [0, 0.05) is 26.7 Å². The van der Waals surface area contributed by atoms with Gasteiger partial charge in [-0.15, -0.1) is 0 Å². The zero-order valence-corrected chi connectivity index (χ0v) is 11.6. The second-order valence-electron chi connectivity index (χ2n) is 3.94. The van der Waals surface area contributed by atoms with E-state index in [1.165, 1.54) is 5.56 Å². The summed E-state index contributed by atoms with van der Waals surface area (Å²) in [6.07, 6.45) is 2.22. The van der Waals surface area contributed by atoms with Gasteiger partial charge in [-0.3, -0.25) is 4.79 Å². The summed E-state index contributed by atoms with van der Waals surface area (Å²) in [7, 11) is 1.65. The van der Waals surface area contributed by atoms with Crippen molar-refractivity contribution < 1.29 is 14.3 Å². The van der Waals surface area contributed by atoms with E-state index in [0.717, 1.165) is 12.8 Å². The molecule has 1 heterocycles. The van der Waals surface area contributed by atoms with E-state index in [2.05, 4.69) is 16.8 Å². The molecule has 4 nitrogen and oxygen atoms in total. The average Bonchev–Trinajstić information content (AvgIpc) is 2.88. The Balaban J connectivity index is 1.90. The van der Waals surface area contributed by atoms with Crippen LogP contribution in [0.15, 0.2) is 16.8 Å². The van der Waals surface area contributed by atoms with Crippen LogP contribution in [0.4, 0.5) is 0 Å². The fourth-order valence-corrected chi connectivity index (χ4v) is 2.13. The summed E-state index contributed by atoms with van der Waals surface area (Å²) in [6.45, 7) is 2.57. The number of amides is 1. The van der Waals surface area contributed by atoms with Crippen molar-refractivity contribution in [2.45, 2.75) is 19.3 Å². The molecular weight excluding hydrogens is 250 g/mol. The molecule has 1 amide bonds. The van der Waals surface area contributed by atoms with Crippen molar-refractivity contribution in [3.05, 3.63) is 22.4 Å². The van der Waals surface area contributed by atoms with Crippen LogP contribution < -0.4 is 5.32 Å². The van der Waals surface area contributed by atoms with E-state index in [0.29, 0.717) is 32.8 Å². The Labute approximate surface area is 112 Å². The molecule has 0 aliphatic carbocycles. The van der Waals surface area contributed by atoms with Crippen LogP contribution in [0.25, 0.3) is 0 Å². The van der Waals surface area contributed by atoms with Gasteiger partial charge in [-0.2, -0.15) is 11.3 Å². The molecule has 102 valence electrons. The number of aryl methyl sites for hydroxylation is 1. The number of carbonyl (C=O) groups is 1. The standard InChI is InChI=1S/C13H21NO3S/c1-16-8-9-17-7-2-6-14-13(15)4-3-12-5-10-18-11-12/h5,10-11H,2-4,6-9H2,1H3,(H,14,15). The van der Waals surface area contributed by atoms with Crippen LogP contribution >= 0.6 is 11.3 Å². The lowest BCUT2D eigenvalue weighted by Gasteiger charge is -2.05. The molecule has 18 heavy (non-hydrogen) atoms. The second kappa shape index (κ2) is 10.1. The third-order valence-electron chi connectivity index (χ3n) is 2.44. The van der Waals surface area contributed by atoms with Gasteiger partial charge in [0.2, 0.25) is 5.91 Å². The smallest absolute Gasteiger partial charge is 0.220 e. The first kappa shape index (κ1) is 15.1. The molecule has 0 bridgehead atoms. The molecule has 1 rings (SSSR count). The van der Waals surface area contributed by atoms with E-state index in [9.17, 15) is 4.79 Å². The van der Waals surface area contributed by atoms with Gasteiger partial charge in [0.1, 0.15) is 0 Å². The summed E-state index contributed by atoms with van der Waals surface area (Å²) < 4.78 is 10.2. The molecule has 0 saturated heterocycles. The van der Waals surface area contributed by atoms with Crippen molar-refractivity contribution in [2.75, 3.05) is 33.5 Å². The topological polar surface area (TPSA) is 47.6 Å². The van der Waals surface area contributed by atoms with Crippen LogP contribution in [-0.2, 0) is 20.7 Å². The van der Waals surface area contributed by atoms with Gasteiger partial charge in [-0.1, -0.05) is 0 Å². The molecule has 1 aromatic rings. The van der Waals surface area contributed by atoms with Crippen molar-refractivity contribution in [2.24, 2.45) is 0 Å². The monoisotopic (exact) mass is 271 g/mol. The third kappa shape index (κ3) is 7.42. The minimum Gasteiger partial charge on any atom is -0.382 e. The minimum atomic E-state index is 0.109. The van der Waals surface area contributed by atoms with E-state index >= 15 is 0 Å². The van der Waals surface area contributed by atoms with Crippen molar-refractivity contribution in [1.82, 2.24) is 5.32 Å². The van der Waals surface area contributed by atoms with Gasteiger partial charge >= 0.3 is 0 Å². The van der Waals surface area contributed by atoms with Crippen LogP contribution in [0.3, 0.4) is 0 Å². The van der Waals surface area contributed by atoms with E-state index in [1.54, 1.807) is 18.4 Å². The first-order valence-electron chi connectivity index (χ1n) is 6.17. The van der Waals surface area contributed by atoms with Gasteiger partial charge < -0.3 is 14.8 Å². The fraction of sp³-hybridized carbons (Fsp3) is 0.615. The molecule has 0 spiro atoms. The number of methoxy groups -OCH3 is 1. The molecule has 0 unspecified atom stereocenters.